The van der Waals surface area contributed by atoms with Crippen LogP contribution in [0.4, 0.5) is 0 Å². The molecule has 1 atom stereocenters. The summed E-state index contributed by atoms with van der Waals surface area (Å²) in [6, 6.07) is 17.9. The van der Waals surface area contributed by atoms with Crippen LogP contribution < -0.4 is 4.74 Å². The lowest BCUT2D eigenvalue weighted by molar-refractivity contribution is 0.289. The summed E-state index contributed by atoms with van der Waals surface area (Å²) in [4.78, 5) is 8.90. The van der Waals surface area contributed by atoms with Crippen molar-refractivity contribution in [3.63, 3.8) is 0 Å². The number of furan rings is 1. The highest BCUT2D eigenvalue weighted by atomic mass is 16.5. The van der Waals surface area contributed by atoms with Crippen molar-refractivity contribution in [2.45, 2.75) is 19.4 Å². The molecule has 0 amide bonds. The second kappa shape index (κ2) is 8.16. The Balaban J connectivity index is 1.50. The number of hydrogen-bond donors (Lipinski definition) is 1. The number of para-hydroxylation sites is 1. The Morgan fingerprint density at radius 3 is 2.72 bits per heavy atom. The average molecular weight is 431 g/mol. The normalized spacial score (nSPS) is 17.1. The van der Waals surface area contributed by atoms with Crippen LogP contribution in [0.15, 0.2) is 64.2 Å². The van der Waals surface area contributed by atoms with Crippen LogP contribution in [0.1, 0.15) is 17.7 Å². The zero-order chi connectivity index (χ0) is 22.2. The summed E-state index contributed by atoms with van der Waals surface area (Å²) in [5.41, 5.74) is 3.13. The predicted molar refractivity (Wildman–Crippen MR) is 125 cm³/mol. The Labute approximate surface area is 186 Å². The molecule has 5 rings (SSSR count). The summed E-state index contributed by atoms with van der Waals surface area (Å²) >= 11 is 0. The number of fused-ring (bicyclic) bond motifs is 3. The smallest absolute Gasteiger partial charge is 0.230 e. The van der Waals surface area contributed by atoms with Crippen LogP contribution >= 0.6 is 0 Å². The molecule has 2 aromatic heterocycles. The molecule has 1 unspecified atom stereocenters. The molecule has 32 heavy (non-hydrogen) atoms. The topological polar surface area (TPSA) is 74.3 Å². The number of rotatable bonds is 4. The fourth-order valence-corrected chi connectivity index (χ4v) is 4.30. The lowest BCUT2D eigenvalue weighted by Crippen LogP contribution is -2.35. The van der Waals surface area contributed by atoms with Gasteiger partial charge in [-0.05, 0) is 63.8 Å². The summed E-state index contributed by atoms with van der Waals surface area (Å²) in [5, 5.41) is 15.6. The average Bonchev–Trinajstić information content (AvgIpc) is 3.41. The van der Waals surface area contributed by atoms with E-state index in [1.807, 2.05) is 61.5 Å². The molecule has 0 bridgehead atoms. The van der Waals surface area contributed by atoms with Crippen LogP contribution in [-0.4, -0.2) is 59.1 Å². The molecule has 4 aromatic rings. The van der Waals surface area contributed by atoms with Crippen molar-refractivity contribution in [3.8, 4) is 11.6 Å². The highest BCUT2D eigenvalue weighted by Gasteiger charge is 2.29. The Morgan fingerprint density at radius 2 is 1.94 bits per heavy atom. The van der Waals surface area contributed by atoms with E-state index in [9.17, 15) is 5.21 Å². The van der Waals surface area contributed by atoms with Gasteiger partial charge in [0.05, 0.1) is 5.56 Å². The fraction of sp³-hybridized carbons (Fsp3) is 0.280. The number of oxime groups is 1. The summed E-state index contributed by atoms with van der Waals surface area (Å²) in [6.07, 6.45) is 1.01. The quantitative estimate of drug-likeness (QED) is 0.216. The first-order chi connectivity index (χ1) is 15.5. The van der Waals surface area contributed by atoms with Gasteiger partial charge in [0.1, 0.15) is 16.9 Å². The largest absolute Gasteiger partial charge is 0.456 e. The van der Waals surface area contributed by atoms with Gasteiger partial charge in [0.2, 0.25) is 5.88 Å². The highest BCUT2D eigenvalue weighted by molar-refractivity contribution is 6.05. The number of hydrogen-bond acceptors (Lipinski definition) is 6. The Bertz CT molecular complexity index is 1310. The number of likely N-dealkylation sites (N-methyl/N-ethyl adjacent to an activating group) is 1. The molecule has 0 spiro atoms. The summed E-state index contributed by atoms with van der Waals surface area (Å²) in [5.74, 6) is 1.54. The van der Waals surface area contributed by atoms with Crippen LogP contribution in [0.2, 0.25) is 0 Å². The van der Waals surface area contributed by atoms with E-state index in [-0.39, 0.29) is 0 Å². The maximum absolute atomic E-state index is 9.89. The molecule has 0 saturated carbocycles. The first-order valence-electron chi connectivity index (χ1n) is 10.7. The van der Waals surface area contributed by atoms with E-state index in [4.69, 9.17) is 9.15 Å². The summed E-state index contributed by atoms with van der Waals surface area (Å²) < 4.78 is 12.2. The van der Waals surface area contributed by atoms with Crippen molar-refractivity contribution in [1.82, 2.24) is 14.8 Å². The van der Waals surface area contributed by atoms with Crippen molar-refractivity contribution >= 4 is 27.8 Å². The molecule has 2 aromatic carbocycles. The number of likely N-dealkylation sites (tertiary alicyclic amines) is 1. The number of pyridine rings is 1. The van der Waals surface area contributed by atoms with Crippen LogP contribution in [0.3, 0.4) is 0 Å². The Morgan fingerprint density at radius 1 is 1.12 bits per heavy atom. The maximum Gasteiger partial charge on any atom is 0.230 e. The first kappa shape index (κ1) is 20.3. The first-order valence-corrected chi connectivity index (χ1v) is 10.7. The van der Waals surface area contributed by atoms with Gasteiger partial charge in [0, 0.05) is 35.6 Å². The minimum atomic E-state index is 0.409. The van der Waals surface area contributed by atoms with Crippen molar-refractivity contribution in [2.24, 2.45) is 5.16 Å². The lowest BCUT2D eigenvalue weighted by Gasteiger charge is -2.23. The number of aryl methyl sites for hydroxylation is 1. The Hall–Kier alpha value is -3.58. The number of benzene rings is 2. The van der Waals surface area contributed by atoms with Gasteiger partial charge in [0.25, 0.3) is 0 Å². The number of ether oxygens (including phenoxy) is 1. The van der Waals surface area contributed by atoms with Crippen molar-refractivity contribution in [2.75, 3.05) is 27.2 Å². The van der Waals surface area contributed by atoms with Gasteiger partial charge in [-0.2, -0.15) is 0 Å². The molecule has 0 radical (unpaired) electrons. The van der Waals surface area contributed by atoms with Crippen LogP contribution in [0.5, 0.6) is 11.6 Å². The molecule has 3 heterocycles. The molecule has 1 saturated heterocycles. The van der Waals surface area contributed by atoms with Gasteiger partial charge in [-0.15, -0.1) is 0 Å². The molecular formula is C25H26N4O3. The third kappa shape index (κ3) is 3.65. The lowest BCUT2D eigenvalue weighted by atomic mass is 10.1. The molecule has 7 nitrogen and oxygen atoms in total. The number of aromatic nitrogens is 1. The van der Waals surface area contributed by atoms with E-state index in [0.29, 0.717) is 29.1 Å². The van der Waals surface area contributed by atoms with Gasteiger partial charge in [0.15, 0.2) is 5.84 Å². The van der Waals surface area contributed by atoms with E-state index in [1.165, 1.54) is 0 Å². The predicted octanol–water partition coefficient (Wildman–Crippen LogP) is 4.85. The van der Waals surface area contributed by atoms with Crippen molar-refractivity contribution in [3.05, 3.63) is 65.9 Å². The van der Waals surface area contributed by atoms with E-state index in [2.05, 4.69) is 34.0 Å². The third-order valence-corrected chi connectivity index (χ3v) is 6.09. The van der Waals surface area contributed by atoms with E-state index in [0.717, 1.165) is 47.1 Å². The molecule has 1 fully saturated rings. The molecule has 164 valence electrons. The standard InChI is InChI=1S/C25H26N4O3/c1-16-8-10-20(24(27-30)29-13-12-17(15-29)28(2)3)25(26-16)31-18-9-11-23-21(14-18)19-6-4-5-7-22(19)32-23/h4-11,14,17,30H,12-13,15H2,1-3H3/b27-24-. The molecule has 1 aliphatic rings. The molecule has 1 aliphatic heterocycles. The van der Waals surface area contributed by atoms with Gasteiger partial charge in [-0.25, -0.2) is 4.98 Å². The zero-order valence-electron chi connectivity index (χ0n) is 18.4. The van der Waals surface area contributed by atoms with Gasteiger partial charge in [-0.1, -0.05) is 23.4 Å². The minimum Gasteiger partial charge on any atom is -0.456 e. The van der Waals surface area contributed by atoms with Gasteiger partial charge < -0.3 is 24.2 Å². The van der Waals surface area contributed by atoms with Gasteiger partial charge in [-0.3, -0.25) is 0 Å². The second-order valence-corrected chi connectivity index (χ2v) is 8.44. The summed E-state index contributed by atoms with van der Waals surface area (Å²) in [6.45, 7) is 3.51. The molecule has 7 heteroatoms. The number of amidine groups is 1. The summed E-state index contributed by atoms with van der Waals surface area (Å²) in [7, 11) is 4.14. The van der Waals surface area contributed by atoms with Gasteiger partial charge >= 0.3 is 0 Å². The van der Waals surface area contributed by atoms with E-state index < -0.39 is 0 Å². The van der Waals surface area contributed by atoms with Crippen LogP contribution in [0.25, 0.3) is 21.9 Å². The highest BCUT2D eigenvalue weighted by Crippen LogP contribution is 2.34. The minimum absolute atomic E-state index is 0.409. The monoisotopic (exact) mass is 430 g/mol. The van der Waals surface area contributed by atoms with Crippen LogP contribution in [0, 0.1) is 6.92 Å². The maximum atomic E-state index is 9.89. The Kier molecular flexibility index (Phi) is 5.19. The van der Waals surface area contributed by atoms with Crippen molar-refractivity contribution in [1.29, 1.82) is 0 Å². The molecule has 1 N–H and O–H groups in total. The molecular weight excluding hydrogens is 404 g/mol. The number of nitrogens with zero attached hydrogens (tertiary/aromatic N) is 4. The SMILES string of the molecule is Cc1ccc(/C(=N/O)N2CCC(N(C)C)C2)c(Oc2ccc3oc4ccccc4c3c2)n1. The van der Waals surface area contributed by atoms with E-state index in [1.54, 1.807) is 0 Å². The third-order valence-electron chi connectivity index (χ3n) is 6.09. The zero-order valence-corrected chi connectivity index (χ0v) is 18.4. The van der Waals surface area contributed by atoms with Crippen molar-refractivity contribution < 1.29 is 14.4 Å². The van der Waals surface area contributed by atoms with E-state index >= 15 is 0 Å². The molecule has 0 aliphatic carbocycles. The second-order valence-electron chi connectivity index (χ2n) is 8.44. The van der Waals surface area contributed by atoms with Crippen LogP contribution in [-0.2, 0) is 0 Å². The fourth-order valence-electron chi connectivity index (χ4n) is 4.30.